The van der Waals surface area contributed by atoms with Crippen LogP contribution in [0.2, 0.25) is 5.02 Å². The minimum Gasteiger partial charge on any atom is -0.457 e. The van der Waals surface area contributed by atoms with Crippen LogP contribution in [0.15, 0.2) is 95.9 Å². The molecule has 0 aliphatic carbocycles. The van der Waals surface area contributed by atoms with E-state index in [9.17, 15) is 17.6 Å². The Hall–Kier alpha value is -3.68. The minimum absolute atomic E-state index is 0.0128. The number of ether oxygens (including phenoxy) is 1. The molecule has 4 rings (SSSR count). The van der Waals surface area contributed by atoms with Gasteiger partial charge in [0.15, 0.2) is 9.84 Å². The van der Waals surface area contributed by atoms with Crippen molar-refractivity contribution in [1.29, 1.82) is 0 Å². The largest absolute Gasteiger partial charge is 0.457 e. The molecule has 36 heavy (non-hydrogen) atoms. The SMILES string of the molecule is CCS(=O)(=O)c1ccc(CC(=O)Nc2ccc(-c3cccc(F)c3)c(Oc3ccc(Cl)cc3)c2)cc1. The third kappa shape index (κ3) is 6.30. The van der Waals surface area contributed by atoms with Crippen molar-refractivity contribution in [2.45, 2.75) is 18.2 Å². The highest BCUT2D eigenvalue weighted by atomic mass is 35.5. The number of rotatable bonds is 8. The van der Waals surface area contributed by atoms with Gasteiger partial charge in [0.2, 0.25) is 5.91 Å². The van der Waals surface area contributed by atoms with E-state index in [0.717, 1.165) is 0 Å². The topological polar surface area (TPSA) is 72.5 Å². The van der Waals surface area contributed by atoms with Gasteiger partial charge in [-0.2, -0.15) is 0 Å². The molecule has 1 amide bonds. The van der Waals surface area contributed by atoms with Crippen LogP contribution in [0.4, 0.5) is 10.1 Å². The number of halogens is 2. The molecule has 0 saturated heterocycles. The Labute approximate surface area is 214 Å². The maximum atomic E-state index is 13.9. The number of anilines is 1. The molecule has 1 N–H and O–H groups in total. The van der Waals surface area contributed by atoms with Gasteiger partial charge in [-0.3, -0.25) is 4.79 Å². The summed E-state index contributed by atoms with van der Waals surface area (Å²) in [7, 11) is -3.30. The fraction of sp³-hybridized carbons (Fsp3) is 0.107. The molecule has 0 atom stereocenters. The first kappa shape index (κ1) is 25.4. The van der Waals surface area contributed by atoms with Gasteiger partial charge in [-0.25, -0.2) is 12.8 Å². The number of sulfone groups is 1. The predicted molar refractivity (Wildman–Crippen MR) is 140 cm³/mol. The summed E-state index contributed by atoms with van der Waals surface area (Å²) >= 11 is 5.97. The van der Waals surface area contributed by atoms with E-state index in [2.05, 4.69) is 5.32 Å². The van der Waals surface area contributed by atoms with Gasteiger partial charge < -0.3 is 10.1 Å². The van der Waals surface area contributed by atoms with Crippen molar-refractivity contribution < 1.29 is 22.3 Å². The molecule has 0 saturated carbocycles. The average molecular weight is 524 g/mol. The van der Waals surface area contributed by atoms with E-state index >= 15 is 0 Å². The van der Waals surface area contributed by atoms with Crippen molar-refractivity contribution in [3.8, 4) is 22.6 Å². The first-order valence-corrected chi connectivity index (χ1v) is 13.2. The Morgan fingerprint density at radius 2 is 1.67 bits per heavy atom. The van der Waals surface area contributed by atoms with Crippen LogP contribution in [0.1, 0.15) is 12.5 Å². The lowest BCUT2D eigenvalue weighted by Gasteiger charge is -2.14. The quantitative estimate of drug-likeness (QED) is 0.272. The molecule has 0 aliphatic rings. The van der Waals surface area contributed by atoms with Crippen LogP contribution in [0.3, 0.4) is 0 Å². The van der Waals surface area contributed by atoms with Crippen molar-refractivity contribution in [3.05, 3.63) is 107 Å². The van der Waals surface area contributed by atoms with Crippen LogP contribution in [-0.2, 0) is 21.1 Å². The molecular weight excluding hydrogens is 501 g/mol. The van der Waals surface area contributed by atoms with Crippen molar-refractivity contribution in [2.75, 3.05) is 11.1 Å². The molecule has 0 radical (unpaired) electrons. The predicted octanol–water partition coefficient (Wildman–Crippen LogP) is 6.91. The first-order chi connectivity index (χ1) is 17.2. The third-order valence-corrected chi connectivity index (χ3v) is 7.47. The number of benzene rings is 4. The van der Waals surface area contributed by atoms with Crippen LogP contribution < -0.4 is 10.1 Å². The van der Waals surface area contributed by atoms with Gasteiger partial charge in [0.25, 0.3) is 0 Å². The number of amides is 1. The van der Waals surface area contributed by atoms with Crippen LogP contribution in [0, 0.1) is 5.82 Å². The van der Waals surface area contributed by atoms with Gasteiger partial charge in [0.05, 0.1) is 17.1 Å². The fourth-order valence-corrected chi connectivity index (χ4v) is 4.59. The molecule has 184 valence electrons. The van der Waals surface area contributed by atoms with Crippen molar-refractivity contribution >= 4 is 33.0 Å². The lowest BCUT2D eigenvalue weighted by molar-refractivity contribution is -0.115. The number of hydrogen-bond donors (Lipinski definition) is 1. The van der Waals surface area contributed by atoms with E-state index in [0.29, 0.717) is 38.9 Å². The zero-order valence-corrected chi connectivity index (χ0v) is 20.9. The Kier molecular flexibility index (Phi) is 7.72. The van der Waals surface area contributed by atoms with Crippen LogP contribution in [0.25, 0.3) is 11.1 Å². The van der Waals surface area contributed by atoms with Gasteiger partial charge in [-0.05, 0) is 71.8 Å². The summed E-state index contributed by atoms with van der Waals surface area (Å²) in [5.74, 6) is 0.313. The maximum absolute atomic E-state index is 13.9. The zero-order chi connectivity index (χ0) is 25.7. The second kappa shape index (κ2) is 10.9. The Morgan fingerprint density at radius 1 is 0.944 bits per heavy atom. The maximum Gasteiger partial charge on any atom is 0.228 e. The highest BCUT2D eigenvalue weighted by Gasteiger charge is 2.14. The Morgan fingerprint density at radius 3 is 2.33 bits per heavy atom. The normalized spacial score (nSPS) is 11.2. The molecule has 0 bridgehead atoms. The summed E-state index contributed by atoms with van der Waals surface area (Å²) in [5, 5.41) is 3.40. The summed E-state index contributed by atoms with van der Waals surface area (Å²) < 4.78 is 43.9. The highest BCUT2D eigenvalue weighted by molar-refractivity contribution is 7.91. The molecule has 4 aromatic rings. The van der Waals surface area contributed by atoms with Gasteiger partial charge in [-0.15, -0.1) is 0 Å². The third-order valence-electron chi connectivity index (χ3n) is 5.47. The van der Waals surface area contributed by atoms with Crippen molar-refractivity contribution in [1.82, 2.24) is 0 Å². The summed E-state index contributed by atoms with van der Waals surface area (Å²) in [6.45, 7) is 1.58. The smallest absolute Gasteiger partial charge is 0.228 e. The molecule has 0 aromatic heterocycles. The molecule has 8 heteroatoms. The monoisotopic (exact) mass is 523 g/mol. The second-order valence-electron chi connectivity index (χ2n) is 8.05. The molecule has 4 aromatic carbocycles. The molecule has 0 fully saturated rings. The molecule has 0 unspecified atom stereocenters. The Bertz CT molecular complexity index is 1490. The lowest BCUT2D eigenvalue weighted by atomic mass is 10.0. The number of hydrogen-bond acceptors (Lipinski definition) is 4. The standard InChI is InChI=1S/C28H23ClFNO4S/c1-2-36(33,34)25-13-6-19(7-14-25)16-28(32)31-23-10-15-26(20-4-3-5-22(30)17-20)27(18-23)35-24-11-8-21(29)9-12-24/h3-15,17-18H,2,16H2,1H3,(H,31,32). The first-order valence-electron chi connectivity index (χ1n) is 11.2. The van der Waals surface area contributed by atoms with E-state index in [-0.39, 0.29) is 28.8 Å². The van der Waals surface area contributed by atoms with Crippen LogP contribution in [0.5, 0.6) is 11.5 Å². The molecular formula is C28H23ClFNO4S. The lowest BCUT2D eigenvalue weighted by Crippen LogP contribution is -2.14. The van der Waals surface area contributed by atoms with E-state index in [1.54, 1.807) is 73.7 Å². The minimum atomic E-state index is -3.30. The van der Waals surface area contributed by atoms with Gasteiger partial charge in [-0.1, -0.05) is 42.8 Å². The Balaban J connectivity index is 1.56. The molecule has 0 heterocycles. The second-order valence-corrected chi connectivity index (χ2v) is 10.8. The fourth-order valence-electron chi connectivity index (χ4n) is 3.58. The van der Waals surface area contributed by atoms with Gasteiger partial charge in [0.1, 0.15) is 17.3 Å². The van der Waals surface area contributed by atoms with Crippen LogP contribution >= 0.6 is 11.6 Å². The molecule has 5 nitrogen and oxygen atoms in total. The van der Waals surface area contributed by atoms with E-state index in [4.69, 9.17) is 16.3 Å². The summed E-state index contributed by atoms with van der Waals surface area (Å²) in [6, 6.07) is 24.4. The zero-order valence-electron chi connectivity index (χ0n) is 19.4. The number of carbonyl (C=O) groups is 1. The van der Waals surface area contributed by atoms with Gasteiger partial charge in [0, 0.05) is 22.3 Å². The summed E-state index contributed by atoms with van der Waals surface area (Å²) in [4.78, 5) is 12.9. The number of nitrogens with one attached hydrogen (secondary N) is 1. The van der Waals surface area contributed by atoms with E-state index in [1.165, 1.54) is 24.3 Å². The summed E-state index contributed by atoms with van der Waals surface area (Å²) in [5.41, 5.74) is 2.44. The van der Waals surface area contributed by atoms with Crippen molar-refractivity contribution in [3.63, 3.8) is 0 Å². The molecule has 0 aliphatic heterocycles. The highest BCUT2D eigenvalue weighted by Crippen LogP contribution is 2.36. The summed E-state index contributed by atoms with van der Waals surface area (Å²) in [6.07, 6.45) is 0.0610. The number of carbonyl (C=O) groups excluding carboxylic acids is 1. The van der Waals surface area contributed by atoms with E-state index < -0.39 is 9.84 Å². The van der Waals surface area contributed by atoms with Crippen molar-refractivity contribution in [2.24, 2.45) is 0 Å². The van der Waals surface area contributed by atoms with Gasteiger partial charge >= 0.3 is 0 Å². The average Bonchev–Trinajstić information content (AvgIpc) is 2.86. The molecule has 0 spiro atoms. The van der Waals surface area contributed by atoms with Crippen LogP contribution in [-0.4, -0.2) is 20.1 Å². The van der Waals surface area contributed by atoms with E-state index in [1.807, 2.05) is 0 Å².